The van der Waals surface area contributed by atoms with Crippen LogP contribution in [0, 0.1) is 0 Å². The van der Waals surface area contributed by atoms with Gasteiger partial charge >= 0.3 is 5.97 Å². The van der Waals surface area contributed by atoms with Gasteiger partial charge in [0.1, 0.15) is 17.8 Å². The summed E-state index contributed by atoms with van der Waals surface area (Å²) in [5.41, 5.74) is 5.43. The number of aromatic nitrogens is 3. The summed E-state index contributed by atoms with van der Waals surface area (Å²) in [6.07, 6.45) is 1.60. The molecule has 8 nitrogen and oxygen atoms in total. The van der Waals surface area contributed by atoms with Crippen LogP contribution in [-0.4, -0.2) is 70.1 Å². The lowest BCUT2D eigenvalue weighted by Crippen LogP contribution is -2.47. The third-order valence-corrected chi connectivity index (χ3v) is 6.87. The molecule has 0 unspecified atom stereocenters. The van der Waals surface area contributed by atoms with E-state index in [1.54, 1.807) is 6.33 Å². The van der Waals surface area contributed by atoms with E-state index >= 15 is 0 Å². The standard InChI is InChI=1S/C29H34N6O2/c1-3-37-27(36)19-35-15-13-34(14-16-35)18-22-9-11-24(12-10-22)26-17-25-28(30-20-31-29(25)33-26)32-21(2)23-7-5-4-6-8-23/h4-12,17,20-21H,3,13-16,18-19H2,1-2H3,(H2,30,31,32,33)/t21-/m1/s1. The van der Waals surface area contributed by atoms with Crippen molar-refractivity contribution < 1.29 is 9.53 Å². The van der Waals surface area contributed by atoms with Gasteiger partial charge in [0, 0.05) is 44.5 Å². The zero-order valence-electron chi connectivity index (χ0n) is 21.5. The Labute approximate surface area is 217 Å². The molecular formula is C29H34N6O2. The lowest BCUT2D eigenvalue weighted by atomic mass is 10.1. The van der Waals surface area contributed by atoms with Crippen LogP contribution in [0.15, 0.2) is 67.0 Å². The Bertz CT molecular complexity index is 1310. The number of anilines is 1. The highest BCUT2D eigenvalue weighted by atomic mass is 16.5. The van der Waals surface area contributed by atoms with Crippen molar-refractivity contribution in [1.82, 2.24) is 24.8 Å². The summed E-state index contributed by atoms with van der Waals surface area (Å²) < 4.78 is 5.07. The SMILES string of the molecule is CCOC(=O)CN1CCN(Cc2ccc(-c3cc4c(N[C@H](C)c5ccccc5)ncnc4[nH]3)cc2)CC1. The molecule has 3 heterocycles. The van der Waals surface area contributed by atoms with Crippen LogP contribution >= 0.6 is 0 Å². The van der Waals surface area contributed by atoms with Crippen molar-refractivity contribution in [2.24, 2.45) is 0 Å². The number of carbonyl (C=O) groups excluding carboxylic acids is 1. The first kappa shape index (κ1) is 24.9. The molecule has 1 aliphatic heterocycles. The molecule has 0 spiro atoms. The van der Waals surface area contributed by atoms with E-state index in [-0.39, 0.29) is 12.0 Å². The molecule has 37 heavy (non-hydrogen) atoms. The Hall–Kier alpha value is -3.75. The van der Waals surface area contributed by atoms with Crippen molar-refractivity contribution in [3.8, 4) is 11.3 Å². The Morgan fingerprint density at radius 2 is 1.76 bits per heavy atom. The van der Waals surface area contributed by atoms with Gasteiger partial charge in [-0.15, -0.1) is 0 Å². The highest BCUT2D eigenvalue weighted by Gasteiger charge is 2.19. The van der Waals surface area contributed by atoms with E-state index in [0.29, 0.717) is 13.2 Å². The highest BCUT2D eigenvalue weighted by molar-refractivity contribution is 5.91. The second-order valence-electron chi connectivity index (χ2n) is 9.50. The van der Waals surface area contributed by atoms with Crippen molar-refractivity contribution in [3.63, 3.8) is 0 Å². The Morgan fingerprint density at radius 3 is 2.49 bits per heavy atom. The monoisotopic (exact) mass is 498 g/mol. The first-order chi connectivity index (χ1) is 18.1. The Kier molecular flexibility index (Phi) is 7.77. The lowest BCUT2D eigenvalue weighted by molar-refractivity contribution is -0.144. The van der Waals surface area contributed by atoms with Crippen LogP contribution in [0.1, 0.15) is 31.0 Å². The van der Waals surface area contributed by atoms with E-state index in [0.717, 1.165) is 60.8 Å². The summed E-state index contributed by atoms with van der Waals surface area (Å²) in [4.78, 5) is 28.7. The van der Waals surface area contributed by atoms with Gasteiger partial charge in [-0.25, -0.2) is 9.97 Å². The molecule has 2 aromatic carbocycles. The Balaban J connectivity index is 1.21. The second-order valence-corrected chi connectivity index (χ2v) is 9.50. The first-order valence-electron chi connectivity index (χ1n) is 12.9. The van der Waals surface area contributed by atoms with Crippen molar-refractivity contribution >= 4 is 22.8 Å². The molecule has 1 atom stereocenters. The summed E-state index contributed by atoms with van der Waals surface area (Å²) in [5, 5.41) is 4.51. The second kappa shape index (κ2) is 11.5. The van der Waals surface area contributed by atoms with E-state index in [1.165, 1.54) is 11.1 Å². The van der Waals surface area contributed by atoms with Gasteiger partial charge in [0.05, 0.1) is 18.5 Å². The van der Waals surface area contributed by atoms with E-state index in [1.807, 2.05) is 25.1 Å². The number of H-pyrrole nitrogens is 1. The van der Waals surface area contributed by atoms with Crippen LogP contribution in [0.25, 0.3) is 22.3 Å². The van der Waals surface area contributed by atoms with Crippen LogP contribution in [0.3, 0.4) is 0 Å². The summed E-state index contributed by atoms with van der Waals surface area (Å²) in [6.45, 7) is 9.35. The third-order valence-electron chi connectivity index (χ3n) is 6.87. The molecule has 2 N–H and O–H groups in total. The number of hydrogen-bond donors (Lipinski definition) is 2. The summed E-state index contributed by atoms with van der Waals surface area (Å²) >= 11 is 0. The maximum Gasteiger partial charge on any atom is 0.320 e. The van der Waals surface area contributed by atoms with Crippen LogP contribution in [0.2, 0.25) is 0 Å². The number of hydrogen-bond acceptors (Lipinski definition) is 7. The molecule has 0 amide bonds. The number of aromatic amines is 1. The quantitative estimate of drug-likeness (QED) is 0.329. The predicted octanol–water partition coefficient (Wildman–Crippen LogP) is 4.48. The van der Waals surface area contributed by atoms with E-state index < -0.39 is 0 Å². The van der Waals surface area contributed by atoms with Crippen LogP contribution < -0.4 is 5.32 Å². The maximum absolute atomic E-state index is 11.7. The fourth-order valence-corrected chi connectivity index (χ4v) is 4.78. The number of esters is 1. The van der Waals surface area contributed by atoms with Gasteiger partial charge in [0.25, 0.3) is 0 Å². The highest BCUT2D eigenvalue weighted by Crippen LogP contribution is 2.29. The molecule has 2 aromatic heterocycles. The molecule has 0 saturated carbocycles. The minimum atomic E-state index is -0.136. The summed E-state index contributed by atoms with van der Waals surface area (Å²) in [5.74, 6) is 0.686. The number of fused-ring (bicyclic) bond motifs is 1. The van der Waals surface area contributed by atoms with Gasteiger partial charge in [-0.2, -0.15) is 0 Å². The zero-order valence-corrected chi connectivity index (χ0v) is 21.5. The van der Waals surface area contributed by atoms with Crippen molar-refractivity contribution in [2.45, 2.75) is 26.4 Å². The number of nitrogens with zero attached hydrogens (tertiary/aromatic N) is 4. The number of rotatable bonds is 9. The molecule has 1 fully saturated rings. The van der Waals surface area contributed by atoms with Crippen molar-refractivity contribution in [2.75, 3.05) is 44.6 Å². The maximum atomic E-state index is 11.7. The topological polar surface area (TPSA) is 86.4 Å². The molecule has 0 bridgehead atoms. The van der Waals surface area contributed by atoms with Crippen molar-refractivity contribution in [3.05, 3.63) is 78.1 Å². The molecule has 192 valence electrons. The molecule has 0 radical (unpaired) electrons. The molecule has 1 aliphatic rings. The minimum Gasteiger partial charge on any atom is -0.465 e. The number of ether oxygens (including phenoxy) is 1. The van der Waals surface area contributed by atoms with Gasteiger partial charge in [-0.3, -0.25) is 14.6 Å². The van der Waals surface area contributed by atoms with Gasteiger partial charge in [0.15, 0.2) is 0 Å². The molecule has 8 heteroatoms. The van der Waals surface area contributed by atoms with Crippen LogP contribution in [-0.2, 0) is 16.1 Å². The number of nitrogens with one attached hydrogen (secondary N) is 2. The molecular weight excluding hydrogens is 464 g/mol. The van der Waals surface area contributed by atoms with Gasteiger partial charge in [0.2, 0.25) is 0 Å². The molecule has 5 rings (SSSR count). The fraction of sp³-hybridized carbons (Fsp3) is 0.345. The molecule has 4 aromatic rings. The van der Waals surface area contributed by atoms with E-state index in [4.69, 9.17) is 4.74 Å². The summed E-state index contributed by atoms with van der Waals surface area (Å²) in [6, 6.07) is 21.3. The van der Waals surface area contributed by atoms with E-state index in [9.17, 15) is 4.79 Å². The fourth-order valence-electron chi connectivity index (χ4n) is 4.78. The largest absolute Gasteiger partial charge is 0.465 e. The Morgan fingerprint density at radius 1 is 1.03 bits per heavy atom. The molecule has 1 saturated heterocycles. The van der Waals surface area contributed by atoms with Gasteiger partial charge < -0.3 is 15.0 Å². The number of carbonyl (C=O) groups is 1. The lowest BCUT2D eigenvalue weighted by Gasteiger charge is -2.34. The van der Waals surface area contributed by atoms with Gasteiger partial charge in [-0.05, 0) is 36.6 Å². The summed E-state index contributed by atoms with van der Waals surface area (Å²) in [7, 11) is 0. The zero-order chi connectivity index (χ0) is 25.6. The van der Waals surface area contributed by atoms with Gasteiger partial charge in [-0.1, -0.05) is 54.6 Å². The minimum absolute atomic E-state index is 0.129. The molecule has 0 aliphatic carbocycles. The van der Waals surface area contributed by atoms with Crippen LogP contribution in [0.4, 0.5) is 5.82 Å². The number of benzene rings is 2. The van der Waals surface area contributed by atoms with Crippen LogP contribution in [0.5, 0.6) is 0 Å². The first-order valence-corrected chi connectivity index (χ1v) is 12.9. The van der Waals surface area contributed by atoms with Crippen molar-refractivity contribution in [1.29, 1.82) is 0 Å². The smallest absolute Gasteiger partial charge is 0.320 e. The van der Waals surface area contributed by atoms with E-state index in [2.05, 4.69) is 79.5 Å². The number of piperazine rings is 1. The third kappa shape index (κ3) is 6.15. The average Bonchev–Trinajstić information content (AvgIpc) is 3.36. The predicted molar refractivity (Wildman–Crippen MR) is 146 cm³/mol. The average molecular weight is 499 g/mol. The normalized spacial score (nSPS) is 15.5.